The molecule has 224 valence electrons. The topological polar surface area (TPSA) is 148 Å². The summed E-state index contributed by atoms with van der Waals surface area (Å²) in [6.45, 7) is 2.85. The quantitative estimate of drug-likeness (QED) is 0.293. The number of rotatable bonds is 11. The molecule has 1 amide bonds. The summed E-state index contributed by atoms with van der Waals surface area (Å²) in [5.74, 6) is -0.530. The van der Waals surface area contributed by atoms with Gasteiger partial charge in [0.05, 0.1) is 28.6 Å². The zero-order valence-corrected chi connectivity index (χ0v) is 25.5. The number of hydrogen-bond acceptors (Lipinski definition) is 11. The van der Waals surface area contributed by atoms with Gasteiger partial charge in [-0.3, -0.25) is 15.0 Å². The van der Waals surface area contributed by atoms with Crippen LogP contribution in [0.25, 0.3) is 0 Å². The number of sulfone groups is 1. The van der Waals surface area contributed by atoms with Gasteiger partial charge in [0.1, 0.15) is 0 Å². The number of anilines is 1. The minimum Gasteiger partial charge on any atom is -0.389 e. The second-order valence-electron chi connectivity index (χ2n) is 10.7. The van der Waals surface area contributed by atoms with Gasteiger partial charge >= 0.3 is 0 Å². The molecule has 2 saturated heterocycles. The Morgan fingerprint density at radius 3 is 2.41 bits per heavy atom. The maximum atomic E-state index is 13.3. The van der Waals surface area contributed by atoms with Crippen LogP contribution >= 0.6 is 11.3 Å². The van der Waals surface area contributed by atoms with Gasteiger partial charge in [-0.1, -0.05) is 17.3 Å². The van der Waals surface area contributed by atoms with Gasteiger partial charge in [0.25, 0.3) is 5.91 Å². The van der Waals surface area contributed by atoms with Crippen LogP contribution in [0, 0.1) is 0 Å². The predicted octanol–water partition coefficient (Wildman–Crippen LogP) is 2.08. The molecule has 15 heteroatoms. The molecule has 12 nitrogen and oxygen atoms in total. The Balaban J connectivity index is 1.24. The number of ether oxygens (including phenoxy) is 1. The summed E-state index contributed by atoms with van der Waals surface area (Å²) in [5, 5.41) is 6.62. The van der Waals surface area contributed by atoms with Crippen LogP contribution in [0.3, 0.4) is 0 Å². The standard InChI is InChI=1S/C26H35N5O7S3/c1-30(2)41(35,36)23-9-12-31(13-10-23)16-20-15-27-26(39-20)28-25(32)24(29-38-19-11-14-37-17-19)18-3-5-21(6-4-18)40(33,34)22-7-8-22/h3-6,15,19,22-23H,7-14,16-17H2,1-2H3,(H,27,28,32)/t19-/m1/s1. The van der Waals surface area contributed by atoms with Gasteiger partial charge < -0.3 is 9.57 Å². The third kappa shape index (κ3) is 7.14. The molecule has 1 saturated carbocycles. The number of aromatic nitrogens is 1. The first-order chi connectivity index (χ1) is 19.5. The number of amides is 1. The smallest absolute Gasteiger partial charge is 0.280 e. The molecule has 1 N–H and O–H groups in total. The summed E-state index contributed by atoms with van der Waals surface area (Å²) in [7, 11) is -3.50. The second-order valence-corrected chi connectivity index (χ2v) is 16.5. The third-order valence-corrected chi connectivity index (χ3v) is 12.9. The first kappa shape index (κ1) is 30.0. The van der Waals surface area contributed by atoms with E-state index in [0.29, 0.717) is 75.6 Å². The zero-order valence-electron chi connectivity index (χ0n) is 23.1. The minimum atomic E-state index is -3.36. The fourth-order valence-corrected chi connectivity index (χ4v) is 8.71. The minimum absolute atomic E-state index is 0.00759. The fraction of sp³-hybridized carbons (Fsp3) is 0.577. The monoisotopic (exact) mass is 625 g/mol. The van der Waals surface area contributed by atoms with Crippen LogP contribution in [-0.2, 0) is 40.8 Å². The van der Waals surface area contributed by atoms with Crippen molar-refractivity contribution in [3.05, 3.63) is 40.9 Å². The molecule has 0 radical (unpaired) electrons. The maximum Gasteiger partial charge on any atom is 0.280 e. The summed E-state index contributed by atoms with van der Waals surface area (Å²) in [6, 6.07) is 6.13. The summed E-state index contributed by atoms with van der Waals surface area (Å²) in [4.78, 5) is 26.6. The van der Waals surface area contributed by atoms with E-state index in [-0.39, 0.29) is 27.2 Å². The molecule has 2 aliphatic heterocycles. The number of hydrogen-bond donors (Lipinski definition) is 1. The average molecular weight is 626 g/mol. The molecular weight excluding hydrogens is 591 g/mol. The number of sulfonamides is 1. The number of likely N-dealkylation sites (tertiary alicyclic amines) is 1. The van der Waals surface area contributed by atoms with Crippen molar-refractivity contribution in [2.75, 3.05) is 45.7 Å². The van der Waals surface area contributed by atoms with Crippen molar-refractivity contribution >= 4 is 47.9 Å². The number of oxime groups is 1. The van der Waals surface area contributed by atoms with E-state index < -0.39 is 25.8 Å². The van der Waals surface area contributed by atoms with Gasteiger partial charge in [-0.15, -0.1) is 11.3 Å². The Morgan fingerprint density at radius 1 is 1.10 bits per heavy atom. The third-order valence-electron chi connectivity index (χ3n) is 7.43. The molecule has 0 bridgehead atoms. The number of benzene rings is 1. The Bertz CT molecular complexity index is 1470. The molecule has 2 aromatic rings. The number of thiazole rings is 1. The summed E-state index contributed by atoms with van der Waals surface area (Å²) >= 11 is 1.33. The predicted molar refractivity (Wildman–Crippen MR) is 155 cm³/mol. The van der Waals surface area contributed by atoms with Crippen molar-refractivity contribution < 1.29 is 31.2 Å². The average Bonchev–Trinajstić information content (AvgIpc) is 3.53. The van der Waals surface area contributed by atoms with Gasteiger partial charge in [-0.2, -0.15) is 0 Å². The largest absolute Gasteiger partial charge is 0.389 e. The lowest BCUT2D eigenvalue weighted by Crippen LogP contribution is -2.42. The number of carbonyl (C=O) groups is 1. The molecule has 3 aliphatic rings. The van der Waals surface area contributed by atoms with Gasteiger partial charge in [0.2, 0.25) is 10.0 Å². The highest BCUT2D eigenvalue weighted by molar-refractivity contribution is 7.92. The highest BCUT2D eigenvalue weighted by Gasteiger charge is 2.37. The van der Waals surface area contributed by atoms with Crippen LogP contribution in [0.2, 0.25) is 0 Å². The molecule has 1 aliphatic carbocycles. The van der Waals surface area contributed by atoms with Crippen molar-refractivity contribution in [1.29, 1.82) is 0 Å². The van der Waals surface area contributed by atoms with Gasteiger partial charge in [0.15, 0.2) is 26.8 Å². The lowest BCUT2D eigenvalue weighted by Gasteiger charge is -2.32. The Hall–Kier alpha value is -2.43. The molecule has 1 aromatic carbocycles. The van der Waals surface area contributed by atoms with Crippen LogP contribution in [0.4, 0.5) is 5.13 Å². The van der Waals surface area contributed by atoms with E-state index in [1.54, 1.807) is 32.4 Å². The van der Waals surface area contributed by atoms with Crippen LogP contribution < -0.4 is 5.32 Å². The van der Waals surface area contributed by atoms with Crippen molar-refractivity contribution in [1.82, 2.24) is 14.2 Å². The normalized spacial score (nSPS) is 21.3. The van der Waals surface area contributed by atoms with Crippen molar-refractivity contribution in [3.8, 4) is 0 Å². The molecule has 41 heavy (non-hydrogen) atoms. The van der Waals surface area contributed by atoms with Crippen LogP contribution in [0.15, 0.2) is 40.5 Å². The van der Waals surface area contributed by atoms with Gasteiger partial charge in [0, 0.05) is 43.7 Å². The van der Waals surface area contributed by atoms with E-state index in [2.05, 4.69) is 20.4 Å². The Morgan fingerprint density at radius 2 is 1.80 bits per heavy atom. The molecule has 0 unspecified atom stereocenters. The summed E-state index contributed by atoms with van der Waals surface area (Å²) in [6.07, 6.45) is 4.56. The van der Waals surface area contributed by atoms with Crippen molar-refractivity contribution in [3.63, 3.8) is 0 Å². The zero-order chi connectivity index (χ0) is 29.2. The highest BCUT2D eigenvalue weighted by Crippen LogP contribution is 2.33. The Kier molecular flexibility index (Phi) is 9.11. The number of nitrogens with one attached hydrogen (secondary N) is 1. The highest BCUT2D eigenvalue weighted by atomic mass is 32.2. The van der Waals surface area contributed by atoms with E-state index in [4.69, 9.17) is 9.57 Å². The number of carbonyl (C=O) groups excluding carboxylic acids is 1. The summed E-state index contributed by atoms with van der Waals surface area (Å²) in [5.41, 5.74) is 0.427. The first-order valence-corrected chi connectivity index (χ1v) is 17.5. The number of piperidine rings is 1. The van der Waals surface area contributed by atoms with E-state index >= 15 is 0 Å². The van der Waals surface area contributed by atoms with E-state index in [1.807, 2.05) is 0 Å². The SMILES string of the molecule is CN(C)S(=O)(=O)C1CCN(Cc2cnc(NC(=O)C(=NO[C@@H]3CCOC3)c3ccc(S(=O)(=O)C4CC4)cc3)s2)CC1. The molecule has 1 atom stereocenters. The molecule has 3 fully saturated rings. The molecule has 5 rings (SSSR count). The number of nitrogens with zero attached hydrogens (tertiary/aromatic N) is 4. The lowest BCUT2D eigenvalue weighted by atomic mass is 10.1. The maximum absolute atomic E-state index is 13.3. The molecule has 1 aromatic heterocycles. The van der Waals surface area contributed by atoms with Crippen LogP contribution in [-0.4, -0.2) is 99.6 Å². The van der Waals surface area contributed by atoms with Gasteiger partial charge in [-0.05, 0) is 50.9 Å². The fourth-order valence-electron chi connectivity index (χ4n) is 4.80. The van der Waals surface area contributed by atoms with Crippen LogP contribution in [0.1, 0.15) is 42.5 Å². The van der Waals surface area contributed by atoms with E-state index in [9.17, 15) is 21.6 Å². The molecule has 0 spiro atoms. The second kappa shape index (κ2) is 12.4. The first-order valence-electron chi connectivity index (χ1n) is 13.6. The summed E-state index contributed by atoms with van der Waals surface area (Å²) < 4.78 is 56.7. The van der Waals surface area contributed by atoms with Crippen molar-refractivity contribution in [2.45, 2.75) is 60.1 Å². The van der Waals surface area contributed by atoms with Crippen molar-refractivity contribution in [2.24, 2.45) is 5.16 Å². The van der Waals surface area contributed by atoms with Gasteiger partial charge in [-0.25, -0.2) is 26.1 Å². The lowest BCUT2D eigenvalue weighted by molar-refractivity contribution is -0.110. The van der Waals surface area contributed by atoms with E-state index in [1.165, 1.54) is 27.8 Å². The Labute approximate surface area is 244 Å². The van der Waals surface area contributed by atoms with Crippen LogP contribution in [0.5, 0.6) is 0 Å². The molecule has 3 heterocycles. The molecular formula is C26H35N5O7S3. The van der Waals surface area contributed by atoms with E-state index in [0.717, 1.165) is 4.88 Å².